The fourth-order valence-corrected chi connectivity index (χ4v) is 1.49. The van der Waals surface area contributed by atoms with Crippen molar-refractivity contribution >= 4 is 5.69 Å². The summed E-state index contributed by atoms with van der Waals surface area (Å²) in [5.74, 6) is 0. The first-order valence-corrected chi connectivity index (χ1v) is 5.72. The summed E-state index contributed by atoms with van der Waals surface area (Å²) in [7, 11) is 0. The van der Waals surface area contributed by atoms with Gasteiger partial charge >= 0.3 is 0 Å². The molecule has 2 nitrogen and oxygen atoms in total. The van der Waals surface area contributed by atoms with E-state index in [1.54, 1.807) is 0 Å². The van der Waals surface area contributed by atoms with Crippen LogP contribution in [0, 0.1) is 0 Å². The molecule has 0 aromatic heterocycles. The van der Waals surface area contributed by atoms with Crippen molar-refractivity contribution < 1.29 is 5.11 Å². The highest BCUT2D eigenvalue weighted by Gasteiger charge is 1.99. The monoisotopic (exact) mass is 207 g/mol. The van der Waals surface area contributed by atoms with Gasteiger partial charge in [-0.25, -0.2) is 0 Å². The van der Waals surface area contributed by atoms with Gasteiger partial charge in [0.1, 0.15) is 0 Å². The molecule has 0 aliphatic rings. The third-order valence-corrected chi connectivity index (χ3v) is 2.58. The van der Waals surface area contributed by atoms with Gasteiger partial charge in [0.25, 0.3) is 0 Å². The average molecular weight is 207 g/mol. The van der Waals surface area contributed by atoms with E-state index in [0.717, 1.165) is 19.3 Å². The highest BCUT2D eigenvalue weighted by Crippen LogP contribution is 2.13. The maximum Gasteiger partial charge on any atom is 0.0434 e. The molecule has 0 fully saturated rings. The Morgan fingerprint density at radius 3 is 2.87 bits per heavy atom. The van der Waals surface area contributed by atoms with Crippen LogP contribution in [0.15, 0.2) is 24.3 Å². The fourth-order valence-electron chi connectivity index (χ4n) is 1.49. The van der Waals surface area contributed by atoms with Gasteiger partial charge in [-0.2, -0.15) is 0 Å². The Balaban J connectivity index is 2.57. The Morgan fingerprint density at radius 2 is 2.20 bits per heavy atom. The lowest BCUT2D eigenvalue weighted by molar-refractivity contribution is 0.288. The van der Waals surface area contributed by atoms with E-state index in [2.05, 4.69) is 43.4 Å². The number of aryl methyl sites for hydroxylation is 1. The molecule has 1 unspecified atom stereocenters. The van der Waals surface area contributed by atoms with Crippen molar-refractivity contribution in [1.82, 2.24) is 0 Å². The van der Waals surface area contributed by atoms with Crippen molar-refractivity contribution in [3.05, 3.63) is 29.8 Å². The van der Waals surface area contributed by atoms with Crippen LogP contribution >= 0.6 is 0 Å². The SMILES string of the molecule is CCC(C)Nc1cccc(CCCO)c1. The molecular weight excluding hydrogens is 186 g/mol. The molecule has 2 N–H and O–H groups in total. The fraction of sp³-hybridized carbons (Fsp3) is 0.538. The van der Waals surface area contributed by atoms with Gasteiger partial charge in [0.2, 0.25) is 0 Å². The van der Waals surface area contributed by atoms with E-state index in [9.17, 15) is 0 Å². The van der Waals surface area contributed by atoms with E-state index in [1.807, 2.05) is 0 Å². The molecule has 1 aromatic carbocycles. The molecule has 0 aliphatic heterocycles. The van der Waals surface area contributed by atoms with Crippen molar-refractivity contribution in [3.63, 3.8) is 0 Å². The van der Waals surface area contributed by atoms with Gasteiger partial charge in [0.05, 0.1) is 0 Å². The highest BCUT2D eigenvalue weighted by atomic mass is 16.2. The first-order valence-electron chi connectivity index (χ1n) is 5.72. The number of anilines is 1. The molecule has 1 rings (SSSR count). The largest absolute Gasteiger partial charge is 0.396 e. The van der Waals surface area contributed by atoms with E-state index < -0.39 is 0 Å². The van der Waals surface area contributed by atoms with Crippen molar-refractivity contribution in [1.29, 1.82) is 0 Å². The number of aliphatic hydroxyl groups is 1. The average Bonchev–Trinajstić information content (AvgIpc) is 2.26. The maximum absolute atomic E-state index is 8.76. The van der Waals surface area contributed by atoms with Gasteiger partial charge < -0.3 is 10.4 Å². The Kier molecular flexibility index (Phi) is 5.19. The standard InChI is InChI=1S/C13H21NO/c1-3-11(2)14-13-8-4-6-12(10-13)7-5-9-15/h4,6,8,10-11,14-15H,3,5,7,9H2,1-2H3. The minimum Gasteiger partial charge on any atom is -0.396 e. The van der Waals surface area contributed by atoms with Crippen molar-refractivity contribution in [2.75, 3.05) is 11.9 Å². The summed E-state index contributed by atoms with van der Waals surface area (Å²) in [5.41, 5.74) is 2.47. The number of nitrogens with one attached hydrogen (secondary N) is 1. The number of hydrogen-bond acceptors (Lipinski definition) is 2. The van der Waals surface area contributed by atoms with E-state index in [0.29, 0.717) is 6.04 Å². The van der Waals surface area contributed by atoms with Gasteiger partial charge in [-0.3, -0.25) is 0 Å². The smallest absolute Gasteiger partial charge is 0.0434 e. The Bertz CT molecular complexity index is 286. The zero-order valence-corrected chi connectivity index (χ0v) is 9.66. The Hall–Kier alpha value is -1.02. The van der Waals surface area contributed by atoms with Gasteiger partial charge in [-0.1, -0.05) is 19.1 Å². The maximum atomic E-state index is 8.76. The second-order valence-electron chi connectivity index (χ2n) is 3.98. The van der Waals surface area contributed by atoms with Crippen molar-refractivity contribution in [2.45, 2.75) is 39.2 Å². The minimum absolute atomic E-state index is 0.267. The summed E-state index contributed by atoms with van der Waals surface area (Å²) in [6.07, 6.45) is 2.92. The normalized spacial score (nSPS) is 12.5. The quantitative estimate of drug-likeness (QED) is 0.751. The molecule has 84 valence electrons. The lowest BCUT2D eigenvalue weighted by Gasteiger charge is -2.13. The third-order valence-electron chi connectivity index (χ3n) is 2.58. The third kappa shape index (κ3) is 4.34. The molecule has 0 amide bonds. The molecule has 2 heteroatoms. The summed E-state index contributed by atoms with van der Waals surface area (Å²) < 4.78 is 0. The summed E-state index contributed by atoms with van der Waals surface area (Å²) >= 11 is 0. The van der Waals surface area contributed by atoms with Crippen LogP contribution in [0.5, 0.6) is 0 Å². The topological polar surface area (TPSA) is 32.3 Å². The molecule has 0 radical (unpaired) electrons. The predicted molar refractivity (Wildman–Crippen MR) is 65.2 cm³/mol. The molecule has 15 heavy (non-hydrogen) atoms. The summed E-state index contributed by atoms with van der Waals surface area (Å²) in [5, 5.41) is 12.2. The van der Waals surface area contributed by atoms with E-state index in [4.69, 9.17) is 5.11 Å². The Labute approximate surface area is 92.3 Å². The molecule has 1 aromatic rings. The lowest BCUT2D eigenvalue weighted by Crippen LogP contribution is -2.13. The highest BCUT2D eigenvalue weighted by molar-refractivity contribution is 5.46. The molecule has 0 heterocycles. The predicted octanol–water partition coefficient (Wildman–Crippen LogP) is 2.82. The van der Waals surface area contributed by atoms with Gasteiger partial charge in [0, 0.05) is 18.3 Å². The van der Waals surface area contributed by atoms with E-state index >= 15 is 0 Å². The van der Waals surface area contributed by atoms with Crippen LogP contribution in [0.25, 0.3) is 0 Å². The van der Waals surface area contributed by atoms with Crippen LogP contribution in [0.2, 0.25) is 0 Å². The molecular formula is C13H21NO. The summed E-state index contributed by atoms with van der Waals surface area (Å²) in [6, 6.07) is 8.95. The van der Waals surface area contributed by atoms with Crippen LogP contribution in [0.1, 0.15) is 32.3 Å². The molecule has 0 saturated heterocycles. The summed E-state index contributed by atoms with van der Waals surface area (Å²) in [4.78, 5) is 0. The van der Waals surface area contributed by atoms with Crippen LogP contribution in [0.4, 0.5) is 5.69 Å². The molecule has 0 aliphatic carbocycles. The molecule has 0 saturated carbocycles. The number of rotatable bonds is 6. The number of benzene rings is 1. The summed E-state index contributed by atoms with van der Waals surface area (Å²) in [6.45, 7) is 4.62. The zero-order chi connectivity index (χ0) is 11.1. The number of aliphatic hydroxyl groups excluding tert-OH is 1. The number of hydrogen-bond donors (Lipinski definition) is 2. The van der Waals surface area contributed by atoms with Crippen molar-refractivity contribution in [2.24, 2.45) is 0 Å². The van der Waals surface area contributed by atoms with Crippen LogP contribution in [-0.2, 0) is 6.42 Å². The van der Waals surface area contributed by atoms with Crippen LogP contribution in [-0.4, -0.2) is 17.8 Å². The second kappa shape index (κ2) is 6.46. The van der Waals surface area contributed by atoms with Crippen molar-refractivity contribution in [3.8, 4) is 0 Å². The minimum atomic E-state index is 0.267. The zero-order valence-electron chi connectivity index (χ0n) is 9.66. The lowest BCUT2D eigenvalue weighted by atomic mass is 10.1. The molecule has 0 bridgehead atoms. The van der Waals surface area contributed by atoms with E-state index in [-0.39, 0.29) is 6.61 Å². The first-order chi connectivity index (χ1) is 7.26. The first kappa shape index (κ1) is 12.1. The van der Waals surface area contributed by atoms with Crippen LogP contribution < -0.4 is 5.32 Å². The van der Waals surface area contributed by atoms with Gasteiger partial charge in [-0.15, -0.1) is 0 Å². The molecule has 1 atom stereocenters. The second-order valence-corrected chi connectivity index (χ2v) is 3.98. The Morgan fingerprint density at radius 1 is 1.40 bits per heavy atom. The van der Waals surface area contributed by atoms with E-state index in [1.165, 1.54) is 11.3 Å². The van der Waals surface area contributed by atoms with Gasteiger partial charge in [0.15, 0.2) is 0 Å². The van der Waals surface area contributed by atoms with Gasteiger partial charge in [-0.05, 0) is 43.9 Å². The van der Waals surface area contributed by atoms with Crippen LogP contribution in [0.3, 0.4) is 0 Å². The molecule has 0 spiro atoms.